The largest absolute Gasteiger partial charge is 0.363 e. The molecule has 0 amide bonds. The lowest BCUT2D eigenvalue weighted by atomic mass is 9.85. The number of aromatic amines is 2. The maximum Gasteiger partial charge on any atom is 0.170 e. The number of hydrogen-bond donors (Lipinski definition) is 4. The van der Waals surface area contributed by atoms with Crippen molar-refractivity contribution in [1.82, 2.24) is 15.3 Å². The Morgan fingerprint density at radius 3 is 2.00 bits per heavy atom. The number of para-hydroxylation sites is 3. The van der Waals surface area contributed by atoms with Crippen LogP contribution in [-0.4, -0.2) is 21.6 Å². The van der Waals surface area contributed by atoms with E-state index in [1.807, 2.05) is 13.0 Å². The molecule has 3 aromatic carbocycles. The topological polar surface area (TPSA) is 55.6 Å². The van der Waals surface area contributed by atoms with Crippen molar-refractivity contribution >= 4 is 44.8 Å². The van der Waals surface area contributed by atoms with E-state index < -0.39 is 0 Å². The number of fused-ring (bicyclic) bond motifs is 2. The highest BCUT2D eigenvalue weighted by atomic mass is 32.1. The number of hydrogen-bond acceptors (Lipinski definition) is 1. The summed E-state index contributed by atoms with van der Waals surface area (Å²) in [6.45, 7) is 2.84. The van der Waals surface area contributed by atoms with E-state index in [2.05, 4.69) is 99.7 Å². The summed E-state index contributed by atoms with van der Waals surface area (Å²) in [7, 11) is 0. The van der Waals surface area contributed by atoms with Crippen LogP contribution in [0.4, 0.5) is 5.69 Å². The molecule has 0 fully saturated rings. The van der Waals surface area contributed by atoms with E-state index >= 15 is 0 Å². The summed E-state index contributed by atoms with van der Waals surface area (Å²) in [4.78, 5) is 6.94. The van der Waals surface area contributed by atoms with Gasteiger partial charge in [-0.05, 0) is 60.5 Å². The van der Waals surface area contributed by atoms with E-state index in [0.29, 0.717) is 5.11 Å². The molecular formula is C27H26N4S. The van der Waals surface area contributed by atoms with Gasteiger partial charge in [0.05, 0.1) is 0 Å². The molecular weight excluding hydrogens is 412 g/mol. The smallest absolute Gasteiger partial charge is 0.170 e. The van der Waals surface area contributed by atoms with Crippen LogP contribution in [0.1, 0.15) is 29.5 Å². The predicted molar refractivity (Wildman–Crippen MR) is 138 cm³/mol. The molecule has 5 rings (SSSR count). The first-order valence-corrected chi connectivity index (χ1v) is 11.4. The van der Waals surface area contributed by atoms with Crippen molar-refractivity contribution < 1.29 is 0 Å². The maximum absolute atomic E-state index is 5.46. The number of H-pyrrole nitrogens is 2. The van der Waals surface area contributed by atoms with Crippen molar-refractivity contribution in [3.8, 4) is 0 Å². The Hall–Kier alpha value is -3.57. The standard InChI is InChI=1S/C27H26N4S/c1-2-28-27(32)31-24-12-6-3-9-18(24)15-21(22-16-29-25-13-7-4-10-19(22)25)23-17-30-26-14-8-5-11-20(23)26/h3-14,16-17,21,29-30H,2,15H2,1H3,(H2,28,31,32). The predicted octanol–water partition coefficient (Wildman–Crippen LogP) is 6.33. The zero-order valence-corrected chi connectivity index (χ0v) is 18.8. The fourth-order valence-corrected chi connectivity index (χ4v) is 4.77. The molecule has 0 saturated heterocycles. The van der Waals surface area contributed by atoms with Crippen LogP contribution in [0, 0.1) is 0 Å². The average molecular weight is 439 g/mol. The van der Waals surface area contributed by atoms with Gasteiger partial charge in [0.15, 0.2) is 5.11 Å². The lowest BCUT2D eigenvalue weighted by molar-refractivity contribution is 0.819. The van der Waals surface area contributed by atoms with Crippen LogP contribution >= 0.6 is 12.2 Å². The number of benzene rings is 3. The number of anilines is 1. The first kappa shape index (κ1) is 20.3. The Labute approximate surface area is 193 Å². The minimum Gasteiger partial charge on any atom is -0.363 e. The molecule has 2 heterocycles. The monoisotopic (exact) mass is 438 g/mol. The molecule has 0 atom stereocenters. The summed E-state index contributed by atoms with van der Waals surface area (Å²) in [5, 5.41) is 9.74. The SMILES string of the molecule is CCNC(=S)Nc1ccccc1CC(c1c[nH]c2ccccc12)c1c[nH]c2ccccc12. The van der Waals surface area contributed by atoms with Gasteiger partial charge in [-0.3, -0.25) is 0 Å². The van der Waals surface area contributed by atoms with Crippen LogP contribution in [0.25, 0.3) is 21.8 Å². The number of aromatic nitrogens is 2. The molecule has 0 spiro atoms. The molecule has 160 valence electrons. The zero-order chi connectivity index (χ0) is 21.9. The van der Waals surface area contributed by atoms with E-state index in [1.54, 1.807) is 0 Å². The highest BCUT2D eigenvalue weighted by Crippen LogP contribution is 2.38. The molecule has 5 heteroatoms. The molecule has 4 N–H and O–H groups in total. The van der Waals surface area contributed by atoms with Crippen molar-refractivity contribution in [2.45, 2.75) is 19.3 Å². The van der Waals surface area contributed by atoms with Crippen LogP contribution in [0.3, 0.4) is 0 Å². The molecule has 0 unspecified atom stereocenters. The first-order chi connectivity index (χ1) is 15.7. The fraction of sp³-hybridized carbons (Fsp3) is 0.148. The lowest BCUT2D eigenvalue weighted by Crippen LogP contribution is -2.28. The Kier molecular flexibility index (Phi) is 5.65. The number of thiocarbonyl (C=S) groups is 1. The third-order valence-electron chi connectivity index (χ3n) is 6.02. The first-order valence-electron chi connectivity index (χ1n) is 11.0. The van der Waals surface area contributed by atoms with Crippen molar-refractivity contribution in [3.63, 3.8) is 0 Å². The second-order valence-corrected chi connectivity index (χ2v) is 8.39. The zero-order valence-electron chi connectivity index (χ0n) is 18.0. The van der Waals surface area contributed by atoms with Crippen molar-refractivity contribution in [3.05, 3.63) is 102 Å². The fourth-order valence-electron chi connectivity index (χ4n) is 4.52. The van der Waals surface area contributed by atoms with E-state index in [4.69, 9.17) is 12.2 Å². The van der Waals surface area contributed by atoms with Crippen LogP contribution in [0.5, 0.6) is 0 Å². The molecule has 4 nitrogen and oxygen atoms in total. The second kappa shape index (κ2) is 8.89. The molecule has 2 aromatic heterocycles. The Balaban J connectivity index is 1.61. The molecule has 5 aromatic rings. The van der Waals surface area contributed by atoms with Gasteiger partial charge in [0.1, 0.15) is 0 Å². The minimum atomic E-state index is 0.179. The van der Waals surface area contributed by atoms with Gasteiger partial charge in [-0.15, -0.1) is 0 Å². The van der Waals surface area contributed by atoms with Gasteiger partial charge in [0.2, 0.25) is 0 Å². The van der Waals surface area contributed by atoms with Gasteiger partial charge in [-0.1, -0.05) is 54.6 Å². The Bertz CT molecular complexity index is 1310. The van der Waals surface area contributed by atoms with Gasteiger partial charge in [-0.2, -0.15) is 0 Å². The maximum atomic E-state index is 5.46. The quantitative estimate of drug-likeness (QED) is 0.234. The van der Waals surface area contributed by atoms with Crippen molar-refractivity contribution in [2.24, 2.45) is 0 Å². The third-order valence-corrected chi connectivity index (χ3v) is 6.27. The van der Waals surface area contributed by atoms with E-state index in [1.165, 1.54) is 27.5 Å². The molecule has 0 radical (unpaired) electrons. The van der Waals surface area contributed by atoms with E-state index in [0.717, 1.165) is 29.7 Å². The number of nitrogens with one attached hydrogen (secondary N) is 4. The number of rotatable bonds is 6. The highest BCUT2D eigenvalue weighted by molar-refractivity contribution is 7.80. The molecule has 0 bridgehead atoms. The Morgan fingerprint density at radius 2 is 1.38 bits per heavy atom. The van der Waals surface area contributed by atoms with Gasteiger partial charge >= 0.3 is 0 Å². The molecule has 0 aliphatic carbocycles. The van der Waals surface area contributed by atoms with Crippen LogP contribution < -0.4 is 10.6 Å². The summed E-state index contributed by atoms with van der Waals surface area (Å²) < 4.78 is 0. The Morgan fingerprint density at radius 1 is 0.812 bits per heavy atom. The summed E-state index contributed by atoms with van der Waals surface area (Å²) in [5.41, 5.74) is 7.19. The average Bonchev–Trinajstić information content (AvgIpc) is 3.43. The molecule has 0 aliphatic rings. The summed E-state index contributed by atoms with van der Waals surface area (Å²) in [5.74, 6) is 0.179. The van der Waals surface area contributed by atoms with Crippen molar-refractivity contribution in [1.29, 1.82) is 0 Å². The van der Waals surface area contributed by atoms with E-state index in [9.17, 15) is 0 Å². The van der Waals surface area contributed by atoms with Crippen LogP contribution in [-0.2, 0) is 6.42 Å². The molecule has 32 heavy (non-hydrogen) atoms. The van der Waals surface area contributed by atoms with Gasteiger partial charge < -0.3 is 20.6 Å². The minimum absolute atomic E-state index is 0.179. The summed E-state index contributed by atoms with van der Waals surface area (Å²) in [6, 6.07) is 25.5. The van der Waals surface area contributed by atoms with E-state index in [-0.39, 0.29) is 5.92 Å². The van der Waals surface area contributed by atoms with Crippen LogP contribution in [0.15, 0.2) is 85.2 Å². The normalized spacial score (nSPS) is 11.3. The molecule has 0 saturated carbocycles. The van der Waals surface area contributed by atoms with Gasteiger partial charge in [0, 0.05) is 52.3 Å². The van der Waals surface area contributed by atoms with Crippen molar-refractivity contribution in [2.75, 3.05) is 11.9 Å². The highest BCUT2D eigenvalue weighted by Gasteiger charge is 2.23. The van der Waals surface area contributed by atoms with Gasteiger partial charge in [-0.25, -0.2) is 0 Å². The lowest BCUT2D eigenvalue weighted by Gasteiger charge is -2.20. The summed E-state index contributed by atoms with van der Waals surface area (Å²) in [6.07, 6.45) is 5.18. The second-order valence-electron chi connectivity index (χ2n) is 7.98. The van der Waals surface area contributed by atoms with Crippen LogP contribution in [0.2, 0.25) is 0 Å². The molecule has 0 aliphatic heterocycles. The summed E-state index contributed by atoms with van der Waals surface area (Å²) >= 11 is 5.46. The third kappa shape index (κ3) is 3.87. The van der Waals surface area contributed by atoms with Gasteiger partial charge in [0.25, 0.3) is 0 Å².